The fourth-order valence-corrected chi connectivity index (χ4v) is 1.46. The van der Waals surface area contributed by atoms with Crippen LogP contribution in [0.3, 0.4) is 0 Å². The number of hydrogen-bond acceptors (Lipinski definition) is 1. The lowest BCUT2D eigenvalue weighted by molar-refractivity contribution is -0.695. The first-order valence-corrected chi connectivity index (χ1v) is 5.06. The van der Waals surface area contributed by atoms with Crippen molar-refractivity contribution < 1.29 is 4.57 Å². The summed E-state index contributed by atoms with van der Waals surface area (Å²) in [7, 11) is 0. The van der Waals surface area contributed by atoms with Gasteiger partial charge < -0.3 is 4.98 Å². The van der Waals surface area contributed by atoms with Crippen molar-refractivity contribution in [3.05, 3.63) is 48.3 Å². The van der Waals surface area contributed by atoms with E-state index in [0.29, 0.717) is 0 Å². The topological polar surface area (TPSA) is 32.6 Å². The minimum Gasteiger partial charge on any atom is -0.345 e. The van der Waals surface area contributed by atoms with Crippen LogP contribution in [0.2, 0.25) is 0 Å². The summed E-state index contributed by atoms with van der Waals surface area (Å²) < 4.78 is 2.18. The van der Waals surface area contributed by atoms with Crippen LogP contribution in [0.25, 0.3) is 12.2 Å². The molecule has 0 spiro atoms. The van der Waals surface area contributed by atoms with Crippen molar-refractivity contribution in [2.24, 2.45) is 0 Å². The van der Waals surface area contributed by atoms with Gasteiger partial charge in [0.1, 0.15) is 12.4 Å². The zero-order valence-corrected chi connectivity index (χ0v) is 8.72. The Morgan fingerprint density at radius 1 is 1.40 bits per heavy atom. The molecule has 15 heavy (non-hydrogen) atoms. The van der Waals surface area contributed by atoms with Crippen molar-refractivity contribution in [3.8, 4) is 0 Å². The molecule has 76 valence electrons. The molecule has 3 heteroatoms. The summed E-state index contributed by atoms with van der Waals surface area (Å²) in [6.07, 6.45) is 9.67. The number of H-pyrrole nitrogens is 1. The average Bonchev–Trinajstić information content (AvgIpc) is 2.79. The number of aromatic nitrogens is 3. The first-order valence-electron chi connectivity index (χ1n) is 5.06. The molecule has 1 N–H and O–H groups in total. The second-order valence-electron chi connectivity index (χ2n) is 3.22. The highest BCUT2D eigenvalue weighted by atomic mass is 14.9. The number of aryl methyl sites for hydroxylation is 1. The zero-order valence-electron chi connectivity index (χ0n) is 8.72. The van der Waals surface area contributed by atoms with Crippen molar-refractivity contribution in [2.75, 3.05) is 0 Å². The van der Waals surface area contributed by atoms with E-state index in [9.17, 15) is 0 Å². The molecule has 0 radical (unpaired) electrons. The van der Waals surface area contributed by atoms with Crippen LogP contribution >= 0.6 is 0 Å². The largest absolute Gasteiger partial charge is 0.345 e. The molecule has 2 aromatic heterocycles. The highest BCUT2D eigenvalue weighted by Crippen LogP contribution is 1.99. The Bertz CT molecular complexity index is 444. The van der Waals surface area contributed by atoms with E-state index in [1.807, 2.05) is 24.4 Å². The maximum Gasteiger partial charge on any atom is 0.205 e. The van der Waals surface area contributed by atoms with Gasteiger partial charge in [-0.3, -0.25) is 0 Å². The standard InChI is InChI=1S/C12H13N3/c1-2-15-10-4-3-5-11(15)6-7-12-13-8-9-14-12/h3-10H,2H2,1H3/p+1. The second kappa shape index (κ2) is 4.55. The van der Waals surface area contributed by atoms with E-state index in [4.69, 9.17) is 0 Å². The van der Waals surface area contributed by atoms with E-state index < -0.39 is 0 Å². The lowest BCUT2D eigenvalue weighted by Crippen LogP contribution is -2.34. The number of nitrogens with one attached hydrogen (secondary N) is 1. The van der Waals surface area contributed by atoms with Gasteiger partial charge >= 0.3 is 0 Å². The summed E-state index contributed by atoms with van der Waals surface area (Å²) in [5, 5.41) is 0. The Morgan fingerprint density at radius 2 is 2.33 bits per heavy atom. The summed E-state index contributed by atoms with van der Waals surface area (Å²) in [5.41, 5.74) is 1.18. The van der Waals surface area contributed by atoms with Gasteiger partial charge in [-0.2, -0.15) is 4.57 Å². The van der Waals surface area contributed by atoms with Crippen LogP contribution in [-0.4, -0.2) is 9.97 Å². The predicted molar refractivity (Wildman–Crippen MR) is 59.8 cm³/mol. The smallest absolute Gasteiger partial charge is 0.205 e. The normalized spacial score (nSPS) is 11.0. The van der Waals surface area contributed by atoms with Crippen LogP contribution in [0.1, 0.15) is 18.4 Å². The molecule has 0 amide bonds. The number of hydrogen-bond donors (Lipinski definition) is 1. The summed E-state index contributed by atoms with van der Waals surface area (Å²) >= 11 is 0. The van der Waals surface area contributed by atoms with Gasteiger partial charge in [0.2, 0.25) is 5.69 Å². The van der Waals surface area contributed by atoms with Gasteiger partial charge in [0.25, 0.3) is 0 Å². The van der Waals surface area contributed by atoms with E-state index in [1.165, 1.54) is 5.69 Å². The van der Waals surface area contributed by atoms with Crippen LogP contribution in [0, 0.1) is 0 Å². The molecule has 2 rings (SSSR count). The third-order valence-electron chi connectivity index (χ3n) is 2.25. The molecule has 0 saturated carbocycles. The minimum atomic E-state index is 0.876. The molecule has 0 saturated heterocycles. The third kappa shape index (κ3) is 2.31. The molecule has 0 aliphatic heterocycles. The van der Waals surface area contributed by atoms with E-state index in [0.717, 1.165) is 12.4 Å². The van der Waals surface area contributed by atoms with Crippen LogP contribution in [0.15, 0.2) is 36.8 Å². The van der Waals surface area contributed by atoms with Crippen molar-refractivity contribution in [1.29, 1.82) is 0 Å². The number of aromatic amines is 1. The molecule has 0 aliphatic rings. The first kappa shape index (κ1) is 9.65. The molecule has 0 unspecified atom stereocenters. The molecule has 0 aromatic carbocycles. The minimum absolute atomic E-state index is 0.876. The summed E-state index contributed by atoms with van der Waals surface area (Å²) in [5.74, 6) is 0.876. The lowest BCUT2D eigenvalue weighted by atomic mass is 10.3. The third-order valence-corrected chi connectivity index (χ3v) is 2.25. The van der Waals surface area contributed by atoms with Crippen LogP contribution < -0.4 is 4.57 Å². The Labute approximate surface area is 89.1 Å². The number of imidazole rings is 1. The Balaban J connectivity index is 2.24. The van der Waals surface area contributed by atoms with Crippen molar-refractivity contribution >= 4 is 12.2 Å². The summed E-state index contributed by atoms with van der Waals surface area (Å²) in [6.45, 7) is 3.10. The fraction of sp³-hybridized carbons (Fsp3) is 0.167. The molecule has 2 heterocycles. The van der Waals surface area contributed by atoms with Crippen LogP contribution in [0.5, 0.6) is 0 Å². The molecule has 2 aromatic rings. The SMILES string of the molecule is CC[n+]1ccccc1/C=C/c1ncc[nH]1. The van der Waals surface area contributed by atoms with Crippen molar-refractivity contribution in [1.82, 2.24) is 9.97 Å². The quantitative estimate of drug-likeness (QED) is 0.754. The highest BCUT2D eigenvalue weighted by molar-refractivity contribution is 5.62. The van der Waals surface area contributed by atoms with E-state index >= 15 is 0 Å². The number of pyridine rings is 1. The monoisotopic (exact) mass is 200 g/mol. The molecule has 3 nitrogen and oxygen atoms in total. The lowest BCUT2D eigenvalue weighted by Gasteiger charge is -1.95. The first-order chi connectivity index (χ1) is 7.40. The highest BCUT2D eigenvalue weighted by Gasteiger charge is 2.02. The Kier molecular flexibility index (Phi) is 2.93. The Morgan fingerprint density at radius 3 is 3.07 bits per heavy atom. The van der Waals surface area contributed by atoms with Gasteiger partial charge in [0.05, 0.1) is 0 Å². The average molecular weight is 200 g/mol. The Hall–Kier alpha value is -1.90. The fourth-order valence-electron chi connectivity index (χ4n) is 1.46. The van der Waals surface area contributed by atoms with Gasteiger partial charge in [-0.05, 0) is 19.1 Å². The summed E-state index contributed by atoms with van der Waals surface area (Å²) in [6, 6.07) is 6.16. The van der Waals surface area contributed by atoms with E-state index in [-0.39, 0.29) is 0 Å². The van der Waals surface area contributed by atoms with Crippen molar-refractivity contribution in [2.45, 2.75) is 13.5 Å². The molecular formula is C12H14N3+. The molecule has 0 bridgehead atoms. The van der Waals surface area contributed by atoms with E-state index in [1.54, 1.807) is 6.20 Å². The number of nitrogens with zero attached hydrogens (tertiary/aromatic N) is 2. The molecule has 0 fully saturated rings. The molecule has 0 aliphatic carbocycles. The van der Waals surface area contributed by atoms with E-state index in [2.05, 4.69) is 39.8 Å². The van der Waals surface area contributed by atoms with Crippen molar-refractivity contribution in [3.63, 3.8) is 0 Å². The summed E-state index contributed by atoms with van der Waals surface area (Å²) in [4.78, 5) is 7.17. The van der Waals surface area contributed by atoms with Gasteiger partial charge in [-0.25, -0.2) is 4.98 Å². The van der Waals surface area contributed by atoms with Gasteiger partial charge in [-0.1, -0.05) is 0 Å². The van der Waals surface area contributed by atoms with Gasteiger partial charge in [0.15, 0.2) is 6.20 Å². The van der Waals surface area contributed by atoms with Crippen LogP contribution in [0.4, 0.5) is 0 Å². The maximum absolute atomic E-state index is 4.14. The molecular weight excluding hydrogens is 186 g/mol. The number of rotatable bonds is 3. The van der Waals surface area contributed by atoms with Gasteiger partial charge in [0, 0.05) is 30.6 Å². The van der Waals surface area contributed by atoms with Crippen LogP contribution in [-0.2, 0) is 6.54 Å². The second-order valence-corrected chi connectivity index (χ2v) is 3.22. The molecule has 0 atom stereocenters. The zero-order chi connectivity index (χ0) is 10.5. The predicted octanol–water partition coefficient (Wildman–Crippen LogP) is 1.89. The maximum atomic E-state index is 4.14. The van der Waals surface area contributed by atoms with Gasteiger partial charge in [-0.15, -0.1) is 0 Å².